The average Bonchev–Trinajstić information content (AvgIpc) is 3.03. The standard InChI is InChI=1S/C34H44Cl3N3O9/c1-33(2,3)49-32(45)40-16-14-23(15-17-40)9-7-8-18-46-28-13-12-25(19-26(28)38-31(44)48-22-34(35,36)37)20-27(29(41)42)39-30(43)47-21-24-10-5-4-6-11-24/h4-6,10-13,19,23,27H,7-9,14-18,20-22H2,1-3H3,(H,38,44)(H,39,43)(H,41,42). The van der Waals surface area contributed by atoms with E-state index in [1.807, 2.05) is 26.8 Å². The molecule has 12 nitrogen and oxygen atoms in total. The number of nitrogens with zero attached hydrogens (tertiary/aromatic N) is 1. The van der Waals surface area contributed by atoms with E-state index in [4.69, 9.17) is 53.8 Å². The number of rotatable bonds is 14. The van der Waals surface area contributed by atoms with Crippen LogP contribution in [0.5, 0.6) is 5.75 Å². The first-order chi connectivity index (χ1) is 23.1. The van der Waals surface area contributed by atoms with Crippen LogP contribution in [-0.4, -0.2) is 76.0 Å². The van der Waals surface area contributed by atoms with Crippen LogP contribution in [0.1, 0.15) is 64.0 Å². The number of carboxylic acid groups (broad SMARTS) is 1. The molecule has 0 bridgehead atoms. The van der Waals surface area contributed by atoms with Crippen molar-refractivity contribution in [2.75, 3.05) is 31.6 Å². The highest BCUT2D eigenvalue weighted by atomic mass is 35.6. The number of nitrogens with one attached hydrogen (secondary N) is 2. The largest absolute Gasteiger partial charge is 0.491 e. The molecule has 2 aromatic rings. The molecule has 1 saturated heterocycles. The van der Waals surface area contributed by atoms with Gasteiger partial charge < -0.3 is 34.3 Å². The molecule has 0 radical (unpaired) electrons. The molecule has 3 N–H and O–H groups in total. The maximum atomic E-state index is 12.5. The molecule has 3 rings (SSSR count). The second-order valence-electron chi connectivity index (χ2n) is 12.7. The molecule has 0 spiro atoms. The molecule has 15 heteroatoms. The normalized spacial score (nSPS) is 14.4. The van der Waals surface area contributed by atoms with E-state index in [1.165, 1.54) is 6.07 Å². The van der Waals surface area contributed by atoms with Crippen LogP contribution in [0.4, 0.5) is 20.1 Å². The number of carbonyl (C=O) groups excluding carboxylic acids is 3. The number of ether oxygens (including phenoxy) is 4. The lowest BCUT2D eigenvalue weighted by atomic mass is 9.92. The highest BCUT2D eigenvalue weighted by Gasteiger charge is 2.27. The highest BCUT2D eigenvalue weighted by Crippen LogP contribution is 2.30. The first kappa shape index (κ1) is 39.8. The molecule has 1 heterocycles. The lowest BCUT2D eigenvalue weighted by Crippen LogP contribution is -2.42. The maximum absolute atomic E-state index is 12.5. The van der Waals surface area contributed by atoms with Gasteiger partial charge in [0.1, 0.15) is 30.6 Å². The summed E-state index contributed by atoms with van der Waals surface area (Å²) in [7, 11) is 0. The number of hydrogen-bond donors (Lipinski definition) is 3. The minimum absolute atomic E-state index is 0.0250. The molecule has 0 saturated carbocycles. The van der Waals surface area contributed by atoms with Crippen molar-refractivity contribution in [1.82, 2.24) is 10.2 Å². The highest BCUT2D eigenvalue weighted by molar-refractivity contribution is 6.67. The second kappa shape index (κ2) is 19.0. The van der Waals surface area contributed by atoms with Gasteiger partial charge in [-0.1, -0.05) is 77.6 Å². The van der Waals surface area contributed by atoms with Gasteiger partial charge in [0.2, 0.25) is 3.79 Å². The first-order valence-electron chi connectivity index (χ1n) is 16.0. The predicted molar refractivity (Wildman–Crippen MR) is 186 cm³/mol. The summed E-state index contributed by atoms with van der Waals surface area (Å²) in [5, 5.41) is 14.7. The molecule has 49 heavy (non-hydrogen) atoms. The van der Waals surface area contributed by atoms with Crippen molar-refractivity contribution in [3.05, 3.63) is 59.7 Å². The Morgan fingerprint density at radius 3 is 2.27 bits per heavy atom. The van der Waals surface area contributed by atoms with Crippen molar-refractivity contribution in [3.8, 4) is 5.75 Å². The van der Waals surface area contributed by atoms with Gasteiger partial charge in [0.05, 0.1) is 12.3 Å². The molecular weight excluding hydrogens is 701 g/mol. The molecule has 270 valence electrons. The van der Waals surface area contributed by atoms with E-state index < -0.39 is 40.2 Å². The fourth-order valence-electron chi connectivity index (χ4n) is 5.01. The summed E-state index contributed by atoms with van der Waals surface area (Å²) < 4.78 is 19.8. The monoisotopic (exact) mass is 743 g/mol. The second-order valence-corrected chi connectivity index (χ2v) is 15.2. The molecule has 0 aliphatic carbocycles. The minimum atomic E-state index is -1.82. The summed E-state index contributed by atoms with van der Waals surface area (Å²) in [4.78, 5) is 50.9. The van der Waals surface area contributed by atoms with E-state index in [0.29, 0.717) is 36.9 Å². The zero-order chi connectivity index (χ0) is 36.0. The van der Waals surface area contributed by atoms with Crippen LogP contribution in [0.3, 0.4) is 0 Å². The van der Waals surface area contributed by atoms with Gasteiger partial charge in [-0.05, 0) is 75.6 Å². The zero-order valence-electron chi connectivity index (χ0n) is 27.8. The number of amides is 3. The van der Waals surface area contributed by atoms with E-state index in [0.717, 1.165) is 37.7 Å². The molecule has 1 aliphatic rings. The van der Waals surface area contributed by atoms with Gasteiger partial charge in [-0.15, -0.1) is 0 Å². The van der Waals surface area contributed by atoms with Gasteiger partial charge in [0.15, 0.2) is 0 Å². The lowest BCUT2D eigenvalue weighted by Gasteiger charge is -2.33. The molecule has 1 atom stereocenters. The van der Waals surface area contributed by atoms with E-state index >= 15 is 0 Å². The molecule has 1 fully saturated rings. The zero-order valence-corrected chi connectivity index (χ0v) is 30.1. The van der Waals surface area contributed by atoms with Gasteiger partial charge in [-0.25, -0.2) is 19.2 Å². The van der Waals surface area contributed by atoms with Crippen LogP contribution in [-0.2, 0) is 32.0 Å². The minimum Gasteiger partial charge on any atom is -0.491 e. The number of benzene rings is 2. The Balaban J connectivity index is 1.55. The van der Waals surface area contributed by atoms with Crippen molar-refractivity contribution >= 4 is 64.7 Å². The quantitative estimate of drug-likeness (QED) is 0.100. The van der Waals surface area contributed by atoms with Crippen LogP contribution in [0.2, 0.25) is 0 Å². The summed E-state index contributed by atoms with van der Waals surface area (Å²) in [6.45, 7) is 6.71. The summed E-state index contributed by atoms with van der Waals surface area (Å²) >= 11 is 17.1. The van der Waals surface area contributed by atoms with E-state index in [9.17, 15) is 24.3 Å². The number of piperidine rings is 1. The van der Waals surface area contributed by atoms with Gasteiger partial charge in [-0.3, -0.25) is 5.32 Å². The average molecular weight is 745 g/mol. The van der Waals surface area contributed by atoms with Crippen LogP contribution in [0, 0.1) is 5.92 Å². The van der Waals surface area contributed by atoms with Gasteiger partial charge in [-0.2, -0.15) is 0 Å². The van der Waals surface area contributed by atoms with E-state index in [-0.39, 0.29) is 24.8 Å². The van der Waals surface area contributed by atoms with Crippen molar-refractivity contribution in [3.63, 3.8) is 0 Å². The molecule has 1 aliphatic heterocycles. The number of likely N-dealkylation sites (tertiary alicyclic amines) is 1. The van der Waals surface area contributed by atoms with E-state index in [1.54, 1.807) is 41.3 Å². The first-order valence-corrected chi connectivity index (χ1v) is 17.2. The Kier molecular flexibility index (Phi) is 15.4. The fourth-order valence-corrected chi connectivity index (χ4v) is 5.18. The topological polar surface area (TPSA) is 153 Å². The molecule has 1 unspecified atom stereocenters. The third-order valence-electron chi connectivity index (χ3n) is 7.42. The van der Waals surface area contributed by atoms with Crippen molar-refractivity contribution in [2.24, 2.45) is 5.92 Å². The van der Waals surface area contributed by atoms with Crippen molar-refractivity contribution < 1.29 is 43.2 Å². The number of anilines is 1. The number of unbranched alkanes of at least 4 members (excludes halogenated alkanes) is 1. The molecule has 2 aromatic carbocycles. The summed E-state index contributed by atoms with van der Waals surface area (Å²) in [5.41, 5.74) is 0.901. The molecular formula is C34H44Cl3N3O9. The van der Waals surface area contributed by atoms with Crippen LogP contribution in [0.15, 0.2) is 48.5 Å². The van der Waals surface area contributed by atoms with Gasteiger partial charge in [0, 0.05) is 19.5 Å². The number of aliphatic carboxylic acids is 1. The predicted octanol–water partition coefficient (Wildman–Crippen LogP) is 7.72. The maximum Gasteiger partial charge on any atom is 0.411 e. The molecule has 3 amide bonds. The Morgan fingerprint density at radius 2 is 1.63 bits per heavy atom. The SMILES string of the molecule is CC(C)(C)OC(=O)N1CCC(CCCCOc2ccc(CC(NC(=O)OCc3ccccc3)C(=O)O)cc2NC(=O)OCC(Cl)(Cl)Cl)CC1. The number of hydrogen-bond acceptors (Lipinski definition) is 8. The third-order valence-corrected chi connectivity index (χ3v) is 7.75. The Bertz CT molecular complexity index is 1390. The van der Waals surface area contributed by atoms with E-state index in [2.05, 4.69) is 10.6 Å². The summed E-state index contributed by atoms with van der Waals surface area (Å²) in [6.07, 6.45) is 2.23. The Morgan fingerprint density at radius 1 is 0.939 bits per heavy atom. The van der Waals surface area contributed by atoms with Crippen LogP contribution >= 0.6 is 34.8 Å². The molecule has 0 aromatic heterocycles. The Hall–Kier alpha value is -3.61. The summed E-state index contributed by atoms with van der Waals surface area (Å²) in [6, 6.07) is 12.4. The number of alkyl halides is 3. The van der Waals surface area contributed by atoms with Crippen LogP contribution < -0.4 is 15.4 Å². The number of carbonyl (C=O) groups is 4. The van der Waals surface area contributed by atoms with Crippen LogP contribution in [0.25, 0.3) is 0 Å². The van der Waals surface area contributed by atoms with Gasteiger partial charge in [0.25, 0.3) is 0 Å². The number of carboxylic acids is 1. The van der Waals surface area contributed by atoms with Crippen molar-refractivity contribution in [1.29, 1.82) is 0 Å². The van der Waals surface area contributed by atoms with Gasteiger partial charge >= 0.3 is 24.2 Å². The fraction of sp³-hybridized carbons (Fsp3) is 0.529. The Labute approximate surface area is 301 Å². The smallest absolute Gasteiger partial charge is 0.411 e. The third kappa shape index (κ3) is 15.7. The van der Waals surface area contributed by atoms with Crippen molar-refractivity contribution in [2.45, 2.75) is 81.3 Å². The summed E-state index contributed by atoms with van der Waals surface area (Å²) in [5.74, 6) is -0.458. The lowest BCUT2D eigenvalue weighted by molar-refractivity contribution is -0.139. The number of halogens is 3. The number of alkyl carbamates (subject to hydrolysis) is 1.